The van der Waals surface area contributed by atoms with Crippen LogP contribution in [-0.2, 0) is 6.42 Å². The third kappa shape index (κ3) is 3.01. The maximum atomic E-state index is 8.79. The highest BCUT2D eigenvalue weighted by Crippen LogP contribution is 2.21. The number of nitrogens with zero attached hydrogens (tertiary/aromatic N) is 3. The van der Waals surface area contributed by atoms with Crippen molar-refractivity contribution in [1.82, 2.24) is 10.1 Å². The van der Waals surface area contributed by atoms with Crippen molar-refractivity contribution in [3.63, 3.8) is 0 Å². The van der Waals surface area contributed by atoms with E-state index in [1.54, 1.807) is 24.3 Å². The van der Waals surface area contributed by atoms with Gasteiger partial charge in [0.05, 0.1) is 11.6 Å². The van der Waals surface area contributed by atoms with Crippen LogP contribution in [0.2, 0.25) is 0 Å². The lowest BCUT2D eigenvalue weighted by Gasteiger charge is -1.99. The Hall–Kier alpha value is -2.45. The standard InChI is InChI=1S/C16H10BrN3O/c17-14-4-2-1-3-13(14)9-15-19-16(21-20-15)12-7-5-11(10-18)6-8-12/h1-8H,9H2. The monoisotopic (exact) mass is 339 g/mol. The first-order valence-electron chi connectivity index (χ1n) is 6.33. The lowest BCUT2D eigenvalue weighted by atomic mass is 10.1. The van der Waals surface area contributed by atoms with Crippen molar-refractivity contribution in [2.75, 3.05) is 0 Å². The molecule has 0 saturated heterocycles. The van der Waals surface area contributed by atoms with Crippen LogP contribution in [0.3, 0.4) is 0 Å². The molecule has 0 bridgehead atoms. The third-order valence-electron chi connectivity index (χ3n) is 3.04. The van der Waals surface area contributed by atoms with E-state index in [4.69, 9.17) is 9.78 Å². The Morgan fingerprint density at radius 2 is 1.86 bits per heavy atom. The minimum Gasteiger partial charge on any atom is -0.334 e. The van der Waals surface area contributed by atoms with Gasteiger partial charge in [0, 0.05) is 16.5 Å². The first kappa shape index (κ1) is 13.5. The minimum atomic E-state index is 0.460. The number of hydrogen-bond donors (Lipinski definition) is 0. The molecule has 1 heterocycles. The molecule has 0 saturated carbocycles. The van der Waals surface area contributed by atoms with Gasteiger partial charge in [-0.15, -0.1) is 0 Å². The van der Waals surface area contributed by atoms with E-state index >= 15 is 0 Å². The molecular formula is C16H10BrN3O. The zero-order valence-corrected chi connectivity index (χ0v) is 12.5. The minimum absolute atomic E-state index is 0.460. The van der Waals surface area contributed by atoms with Crippen LogP contribution in [0.5, 0.6) is 0 Å². The van der Waals surface area contributed by atoms with Crippen LogP contribution in [0.25, 0.3) is 11.5 Å². The lowest BCUT2D eigenvalue weighted by Crippen LogP contribution is -1.91. The van der Waals surface area contributed by atoms with Gasteiger partial charge in [0.25, 0.3) is 5.89 Å². The second kappa shape index (κ2) is 5.90. The smallest absolute Gasteiger partial charge is 0.257 e. The van der Waals surface area contributed by atoms with Gasteiger partial charge in [0.2, 0.25) is 0 Å². The molecule has 0 N–H and O–H groups in total. The summed E-state index contributed by atoms with van der Waals surface area (Å²) >= 11 is 3.50. The van der Waals surface area contributed by atoms with Crippen molar-refractivity contribution >= 4 is 15.9 Å². The van der Waals surface area contributed by atoms with Crippen molar-refractivity contribution < 1.29 is 4.52 Å². The number of hydrogen-bond acceptors (Lipinski definition) is 4. The SMILES string of the molecule is N#Cc1ccc(-c2nc(Cc3ccccc3Br)no2)cc1. The predicted molar refractivity (Wildman–Crippen MR) is 81.4 cm³/mol. The topological polar surface area (TPSA) is 62.7 Å². The predicted octanol–water partition coefficient (Wildman–Crippen LogP) is 3.96. The molecule has 2 aromatic carbocycles. The van der Waals surface area contributed by atoms with Crippen LogP contribution in [-0.4, -0.2) is 10.1 Å². The zero-order valence-electron chi connectivity index (χ0n) is 11.0. The van der Waals surface area contributed by atoms with Crippen molar-refractivity contribution in [2.24, 2.45) is 0 Å². The molecule has 0 spiro atoms. The quantitative estimate of drug-likeness (QED) is 0.724. The molecule has 0 amide bonds. The van der Waals surface area contributed by atoms with Gasteiger partial charge in [0.15, 0.2) is 5.82 Å². The molecule has 5 heteroatoms. The highest BCUT2D eigenvalue weighted by Gasteiger charge is 2.10. The van der Waals surface area contributed by atoms with Gasteiger partial charge in [-0.3, -0.25) is 0 Å². The third-order valence-corrected chi connectivity index (χ3v) is 3.81. The van der Waals surface area contributed by atoms with Gasteiger partial charge in [-0.2, -0.15) is 10.2 Å². The normalized spacial score (nSPS) is 10.3. The molecule has 1 aromatic heterocycles. The van der Waals surface area contributed by atoms with Crippen LogP contribution >= 0.6 is 15.9 Å². The summed E-state index contributed by atoms with van der Waals surface area (Å²) in [5.41, 5.74) is 2.51. The Kier molecular flexibility index (Phi) is 3.80. The maximum Gasteiger partial charge on any atom is 0.257 e. The summed E-state index contributed by atoms with van der Waals surface area (Å²) in [5, 5.41) is 12.8. The molecule has 4 nitrogen and oxygen atoms in total. The summed E-state index contributed by atoms with van der Waals surface area (Å²) in [4.78, 5) is 4.39. The van der Waals surface area contributed by atoms with E-state index in [0.717, 1.165) is 15.6 Å². The summed E-state index contributed by atoms with van der Waals surface area (Å²) in [6, 6.07) is 17.1. The number of rotatable bonds is 3. The van der Waals surface area contributed by atoms with Crippen molar-refractivity contribution in [3.8, 4) is 17.5 Å². The van der Waals surface area contributed by atoms with Gasteiger partial charge in [-0.05, 0) is 35.9 Å². The molecule has 0 atom stereocenters. The fraction of sp³-hybridized carbons (Fsp3) is 0.0625. The second-order valence-electron chi connectivity index (χ2n) is 4.47. The van der Waals surface area contributed by atoms with E-state index in [1.807, 2.05) is 24.3 Å². The largest absolute Gasteiger partial charge is 0.334 e. The summed E-state index contributed by atoms with van der Waals surface area (Å²) in [7, 11) is 0. The Morgan fingerprint density at radius 3 is 2.57 bits per heavy atom. The molecule has 0 radical (unpaired) electrons. The molecular weight excluding hydrogens is 330 g/mol. The molecule has 102 valence electrons. The van der Waals surface area contributed by atoms with Crippen molar-refractivity contribution in [3.05, 3.63) is 70.0 Å². The Balaban J connectivity index is 1.83. The molecule has 3 aromatic rings. The number of benzene rings is 2. The Bertz CT molecular complexity index is 803. The molecule has 0 unspecified atom stereocenters. The van der Waals surface area contributed by atoms with Gasteiger partial charge in [-0.25, -0.2) is 0 Å². The zero-order chi connectivity index (χ0) is 14.7. The second-order valence-corrected chi connectivity index (χ2v) is 5.33. The van der Waals surface area contributed by atoms with E-state index in [9.17, 15) is 0 Å². The number of halogens is 1. The Labute approximate surface area is 130 Å². The van der Waals surface area contributed by atoms with E-state index in [2.05, 4.69) is 32.1 Å². The summed E-state index contributed by atoms with van der Waals surface area (Å²) in [5.74, 6) is 1.09. The molecule has 0 aliphatic rings. The van der Waals surface area contributed by atoms with Crippen LogP contribution in [0.4, 0.5) is 0 Å². The fourth-order valence-electron chi connectivity index (χ4n) is 1.94. The number of aromatic nitrogens is 2. The van der Waals surface area contributed by atoms with E-state index < -0.39 is 0 Å². The average Bonchev–Trinajstić information content (AvgIpc) is 2.98. The summed E-state index contributed by atoms with van der Waals surface area (Å²) < 4.78 is 6.30. The summed E-state index contributed by atoms with van der Waals surface area (Å²) in [6.07, 6.45) is 0.598. The van der Waals surface area contributed by atoms with E-state index in [-0.39, 0.29) is 0 Å². The lowest BCUT2D eigenvalue weighted by molar-refractivity contribution is 0.424. The van der Waals surface area contributed by atoms with Gasteiger partial charge in [0.1, 0.15) is 0 Å². The fourth-order valence-corrected chi connectivity index (χ4v) is 2.37. The van der Waals surface area contributed by atoms with Crippen LogP contribution < -0.4 is 0 Å². The average molecular weight is 340 g/mol. The van der Waals surface area contributed by atoms with Crippen molar-refractivity contribution in [2.45, 2.75) is 6.42 Å². The summed E-state index contributed by atoms with van der Waals surface area (Å²) in [6.45, 7) is 0. The highest BCUT2D eigenvalue weighted by atomic mass is 79.9. The van der Waals surface area contributed by atoms with Gasteiger partial charge < -0.3 is 4.52 Å². The van der Waals surface area contributed by atoms with Crippen molar-refractivity contribution in [1.29, 1.82) is 5.26 Å². The van der Waals surface area contributed by atoms with E-state index in [1.165, 1.54) is 0 Å². The number of nitriles is 1. The molecule has 0 aliphatic heterocycles. The highest BCUT2D eigenvalue weighted by molar-refractivity contribution is 9.10. The maximum absolute atomic E-state index is 8.79. The Morgan fingerprint density at radius 1 is 1.10 bits per heavy atom. The van der Waals surface area contributed by atoms with Gasteiger partial charge in [-0.1, -0.05) is 39.3 Å². The van der Waals surface area contributed by atoms with Crippen LogP contribution in [0.1, 0.15) is 17.0 Å². The van der Waals surface area contributed by atoms with Crippen LogP contribution in [0.15, 0.2) is 57.5 Å². The van der Waals surface area contributed by atoms with Gasteiger partial charge >= 0.3 is 0 Å². The first-order chi connectivity index (χ1) is 10.3. The molecule has 3 rings (SSSR count). The first-order valence-corrected chi connectivity index (χ1v) is 7.12. The van der Waals surface area contributed by atoms with Crippen LogP contribution in [0, 0.1) is 11.3 Å². The molecule has 0 fully saturated rings. The molecule has 0 aliphatic carbocycles. The van der Waals surface area contributed by atoms with E-state index in [0.29, 0.717) is 23.7 Å². The molecule has 21 heavy (non-hydrogen) atoms.